The predicted octanol–water partition coefficient (Wildman–Crippen LogP) is 4.62. The van der Waals surface area contributed by atoms with Gasteiger partial charge in [-0.1, -0.05) is 71.5 Å². The van der Waals surface area contributed by atoms with Crippen molar-refractivity contribution in [1.29, 1.82) is 0 Å². The highest BCUT2D eigenvalue weighted by Crippen LogP contribution is 2.21. The molecule has 2 atom stereocenters. The number of aliphatic hydroxyl groups excluding tert-OH is 1. The molecule has 2 aromatic carbocycles. The summed E-state index contributed by atoms with van der Waals surface area (Å²) in [4.78, 5) is 24.9. The Kier molecular flexibility index (Phi) is 9.23. The number of carbonyl (C=O) groups is 2. The first-order valence-corrected chi connectivity index (χ1v) is 13.3. The number of nitrogens with one attached hydrogen (secondary N) is 2. The monoisotopic (exact) mass is 530 g/mol. The Morgan fingerprint density at radius 2 is 1.61 bits per heavy atom. The van der Waals surface area contributed by atoms with Crippen molar-refractivity contribution in [3.8, 4) is 0 Å². The molecule has 2 unspecified atom stereocenters. The van der Waals surface area contributed by atoms with Gasteiger partial charge >= 0.3 is 0 Å². The van der Waals surface area contributed by atoms with Crippen LogP contribution in [0.25, 0.3) is 0 Å². The average Bonchev–Trinajstić information content (AvgIpc) is 3.38. The SMILES string of the molecule is Cc1cccc(C(O)C(=O)Nc2nnc(CCCCc3ccc(NC(=O)C(C)c4ccccc4)nn3)s2)c1. The molecule has 38 heavy (non-hydrogen) atoms. The highest BCUT2D eigenvalue weighted by molar-refractivity contribution is 7.15. The molecule has 9 nitrogen and oxygen atoms in total. The zero-order chi connectivity index (χ0) is 26.9. The van der Waals surface area contributed by atoms with Crippen molar-refractivity contribution in [2.45, 2.75) is 51.6 Å². The predicted molar refractivity (Wildman–Crippen MR) is 147 cm³/mol. The molecule has 0 fully saturated rings. The molecular weight excluding hydrogens is 500 g/mol. The van der Waals surface area contributed by atoms with Gasteiger partial charge in [0, 0.05) is 6.42 Å². The van der Waals surface area contributed by atoms with Crippen molar-refractivity contribution < 1.29 is 14.7 Å². The molecule has 10 heteroatoms. The molecule has 0 aliphatic carbocycles. The number of aryl methyl sites for hydroxylation is 3. The van der Waals surface area contributed by atoms with E-state index in [1.165, 1.54) is 11.3 Å². The van der Waals surface area contributed by atoms with E-state index >= 15 is 0 Å². The van der Waals surface area contributed by atoms with E-state index in [2.05, 4.69) is 31.0 Å². The number of benzene rings is 2. The van der Waals surface area contributed by atoms with Gasteiger partial charge in [-0.25, -0.2) is 0 Å². The number of carbonyl (C=O) groups excluding carboxylic acids is 2. The van der Waals surface area contributed by atoms with Crippen molar-refractivity contribution in [3.05, 3.63) is 94.1 Å². The largest absolute Gasteiger partial charge is 0.378 e. The summed E-state index contributed by atoms with van der Waals surface area (Å²) in [5, 5.41) is 33.5. The number of hydrogen-bond donors (Lipinski definition) is 3. The van der Waals surface area contributed by atoms with E-state index < -0.39 is 12.0 Å². The van der Waals surface area contributed by atoms with Crippen LogP contribution in [0.15, 0.2) is 66.7 Å². The second-order valence-electron chi connectivity index (χ2n) is 9.05. The molecule has 0 spiro atoms. The number of aromatic nitrogens is 4. The Labute approximate surface area is 225 Å². The van der Waals surface area contributed by atoms with Crippen molar-refractivity contribution in [2.24, 2.45) is 0 Å². The fraction of sp³-hybridized carbons (Fsp3) is 0.286. The minimum Gasteiger partial charge on any atom is -0.378 e. The summed E-state index contributed by atoms with van der Waals surface area (Å²) in [5.41, 5.74) is 3.29. The standard InChI is InChI=1S/C28H30N6O3S/c1-18-9-8-12-21(17-18)25(35)27(37)30-28-34-33-24(38-28)14-7-6-13-22-15-16-23(32-31-22)29-26(36)19(2)20-10-4-3-5-11-20/h3-5,8-12,15-17,19,25,35H,6-7,13-14H2,1-2H3,(H,29,32,36)(H,30,34,37). The van der Waals surface area contributed by atoms with Gasteiger partial charge in [0.2, 0.25) is 11.0 Å². The number of nitrogens with zero attached hydrogens (tertiary/aromatic N) is 4. The van der Waals surface area contributed by atoms with Gasteiger partial charge < -0.3 is 10.4 Å². The van der Waals surface area contributed by atoms with Gasteiger partial charge in [0.1, 0.15) is 5.01 Å². The first-order valence-electron chi connectivity index (χ1n) is 12.5. The lowest BCUT2D eigenvalue weighted by Crippen LogP contribution is -2.20. The summed E-state index contributed by atoms with van der Waals surface area (Å²) in [6.07, 6.45) is 1.93. The molecule has 0 saturated heterocycles. The molecule has 196 valence electrons. The molecule has 2 aromatic heterocycles. The van der Waals surface area contributed by atoms with Gasteiger partial charge in [-0.05, 0) is 56.4 Å². The van der Waals surface area contributed by atoms with Gasteiger partial charge in [-0.2, -0.15) is 5.10 Å². The maximum absolute atomic E-state index is 12.5. The number of amides is 2. The van der Waals surface area contributed by atoms with Gasteiger partial charge in [-0.15, -0.1) is 15.3 Å². The van der Waals surface area contributed by atoms with Crippen LogP contribution in [0, 0.1) is 6.92 Å². The van der Waals surface area contributed by atoms with Gasteiger partial charge in [0.25, 0.3) is 5.91 Å². The molecule has 2 amide bonds. The zero-order valence-electron chi connectivity index (χ0n) is 21.3. The highest BCUT2D eigenvalue weighted by atomic mass is 32.1. The van der Waals surface area contributed by atoms with Crippen LogP contribution in [-0.2, 0) is 22.4 Å². The number of unbranched alkanes of at least 4 members (excludes halogenated alkanes) is 1. The lowest BCUT2D eigenvalue weighted by molar-refractivity contribution is -0.124. The van der Waals surface area contributed by atoms with E-state index in [0.29, 0.717) is 22.9 Å². The van der Waals surface area contributed by atoms with E-state index in [1.807, 2.05) is 56.3 Å². The maximum Gasteiger partial charge on any atom is 0.259 e. The normalized spacial score (nSPS) is 12.5. The summed E-state index contributed by atoms with van der Waals surface area (Å²) < 4.78 is 0. The smallest absolute Gasteiger partial charge is 0.259 e. The minimum atomic E-state index is -1.27. The fourth-order valence-corrected chi connectivity index (χ4v) is 4.62. The maximum atomic E-state index is 12.5. The van der Waals surface area contributed by atoms with Gasteiger partial charge in [0.05, 0.1) is 11.6 Å². The molecule has 4 aromatic rings. The number of rotatable bonds is 11. The molecule has 0 aliphatic heterocycles. The Balaban J connectivity index is 1.18. The summed E-state index contributed by atoms with van der Waals surface area (Å²) in [6.45, 7) is 3.76. The molecule has 2 heterocycles. The molecule has 4 rings (SSSR count). The Morgan fingerprint density at radius 3 is 2.34 bits per heavy atom. The van der Waals surface area contributed by atoms with E-state index in [-0.39, 0.29) is 11.8 Å². The highest BCUT2D eigenvalue weighted by Gasteiger charge is 2.19. The van der Waals surface area contributed by atoms with Crippen LogP contribution in [0.5, 0.6) is 0 Å². The first-order chi connectivity index (χ1) is 18.4. The number of hydrogen-bond acceptors (Lipinski definition) is 8. The second-order valence-corrected chi connectivity index (χ2v) is 10.1. The third kappa shape index (κ3) is 7.50. The zero-order valence-corrected chi connectivity index (χ0v) is 22.1. The van der Waals surface area contributed by atoms with Crippen LogP contribution in [0.1, 0.15) is 59.2 Å². The van der Waals surface area contributed by atoms with Crippen LogP contribution >= 0.6 is 11.3 Å². The summed E-state index contributed by atoms with van der Waals surface area (Å²) >= 11 is 1.30. The third-order valence-corrected chi connectivity index (χ3v) is 6.94. The van der Waals surface area contributed by atoms with Gasteiger partial charge in [0.15, 0.2) is 11.9 Å². The van der Waals surface area contributed by atoms with Crippen molar-refractivity contribution in [2.75, 3.05) is 10.6 Å². The fourth-order valence-electron chi connectivity index (χ4n) is 3.84. The third-order valence-electron chi connectivity index (χ3n) is 6.04. The average molecular weight is 531 g/mol. The van der Waals surface area contributed by atoms with Crippen molar-refractivity contribution >= 4 is 34.1 Å². The summed E-state index contributed by atoms with van der Waals surface area (Å²) in [6, 6.07) is 20.4. The number of anilines is 2. The van der Waals surface area contributed by atoms with E-state index in [0.717, 1.165) is 41.1 Å². The van der Waals surface area contributed by atoms with Crippen LogP contribution in [0.2, 0.25) is 0 Å². The van der Waals surface area contributed by atoms with Crippen molar-refractivity contribution in [3.63, 3.8) is 0 Å². The molecular formula is C28H30N6O3S. The van der Waals surface area contributed by atoms with Crippen molar-refractivity contribution in [1.82, 2.24) is 20.4 Å². The Bertz CT molecular complexity index is 1360. The topological polar surface area (TPSA) is 130 Å². The molecule has 0 saturated carbocycles. The van der Waals surface area contributed by atoms with E-state index in [9.17, 15) is 14.7 Å². The quantitative estimate of drug-likeness (QED) is 0.241. The lowest BCUT2D eigenvalue weighted by atomic mass is 10.0. The van der Waals surface area contributed by atoms with Crippen LogP contribution in [0.4, 0.5) is 10.9 Å². The van der Waals surface area contributed by atoms with Crippen LogP contribution < -0.4 is 10.6 Å². The first kappa shape index (κ1) is 27.0. The van der Waals surface area contributed by atoms with E-state index in [4.69, 9.17) is 0 Å². The van der Waals surface area contributed by atoms with Crippen LogP contribution in [-0.4, -0.2) is 37.3 Å². The second kappa shape index (κ2) is 13.0. The molecule has 0 bridgehead atoms. The van der Waals surface area contributed by atoms with E-state index in [1.54, 1.807) is 24.3 Å². The van der Waals surface area contributed by atoms with Crippen LogP contribution in [0.3, 0.4) is 0 Å². The molecule has 0 radical (unpaired) electrons. The Hall–Kier alpha value is -4.02. The minimum absolute atomic E-state index is 0.129. The summed E-state index contributed by atoms with van der Waals surface area (Å²) in [7, 11) is 0. The molecule has 3 N–H and O–H groups in total. The Morgan fingerprint density at radius 1 is 0.842 bits per heavy atom. The molecule has 0 aliphatic rings. The lowest BCUT2D eigenvalue weighted by Gasteiger charge is -2.11. The summed E-state index contributed by atoms with van der Waals surface area (Å²) in [5.74, 6) is -0.524. The van der Waals surface area contributed by atoms with Gasteiger partial charge in [-0.3, -0.25) is 14.9 Å². The number of aliphatic hydroxyl groups is 1.